The van der Waals surface area contributed by atoms with Gasteiger partial charge in [0.25, 0.3) is 17.7 Å². The van der Waals surface area contributed by atoms with Gasteiger partial charge in [-0.05, 0) is 60.7 Å². The van der Waals surface area contributed by atoms with E-state index in [2.05, 4.69) is 10.6 Å². The Balaban J connectivity index is 1.14. The number of piperazine rings is 1. The van der Waals surface area contributed by atoms with Gasteiger partial charge >= 0.3 is 6.03 Å². The van der Waals surface area contributed by atoms with Gasteiger partial charge in [0, 0.05) is 48.5 Å². The van der Waals surface area contributed by atoms with E-state index in [1.807, 2.05) is 0 Å². The standard InChI is InChI=1S/C29H27N5O6/c1-39-22-11-9-20(10-12-22)31-27(36)18-5-7-21(8-6-18)32-29(38)34-15-13-33(14-16-34)28(37)24-17-19-3-2-4-23(26(30)35)25(19)40-24/h2-12,17H,13-16H2,1H3,(H2,30,35)(H,31,36)(H,32,38). The third kappa shape index (κ3) is 5.58. The van der Waals surface area contributed by atoms with Crippen LogP contribution >= 0.6 is 0 Å². The van der Waals surface area contributed by atoms with E-state index in [4.69, 9.17) is 14.9 Å². The summed E-state index contributed by atoms with van der Waals surface area (Å²) in [7, 11) is 1.57. The van der Waals surface area contributed by atoms with Gasteiger partial charge in [0.15, 0.2) is 5.76 Å². The number of nitrogens with zero attached hydrogens (tertiary/aromatic N) is 2. The number of nitrogens with two attached hydrogens (primary N) is 1. The molecular formula is C29H27N5O6. The Morgan fingerprint density at radius 2 is 1.45 bits per heavy atom. The van der Waals surface area contributed by atoms with Gasteiger partial charge in [-0.3, -0.25) is 14.4 Å². The molecule has 1 aromatic heterocycles. The van der Waals surface area contributed by atoms with Crippen LogP contribution in [0.4, 0.5) is 16.2 Å². The number of benzene rings is 3. The fourth-order valence-electron chi connectivity index (χ4n) is 4.42. The maximum Gasteiger partial charge on any atom is 0.321 e. The number of urea groups is 1. The Morgan fingerprint density at radius 1 is 0.825 bits per heavy atom. The minimum atomic E-state index is -0.634. The van der Waals surface area contributed by atoms with Crippen LogP contribution in [0.25, 0.3) is 11.0 Å². The molecule has 5 rings (SSSR count). The summed E-state index contributed by atoms with van der Waals surface area (Å²) in [5.74, 6) is -0.436. The van der Waals surface area contributed by atoms with E-state index < -0.39 is 5.91 Å². The molecule has 0 spiro atoms. The van der Waals surface area contributed by atoms with Gasteiger partial charge in [-0.2, -0.15) is 0 Å². The lowest BCUT2D eigenvalue weighted by atomic mass is 10.1. The number of rotatable bonds is 6. The second-order valence-corrected chi connectivity index (χ2v) is 9.17. The van der Waals surface area contributed by atoms with Crippen LogP contribution in [0, 0.1) is 0 Å². The maximum absolute atomic E-state index is 13.0. The number of primary amides is 1. The molecule has 40 heavy (non-hydrogen) atoms. The molecule has 4 N–H and O–H groups in total. The van der Waals surface area contributed by atoms with Gasteiger partial charge in [-0.1, -0.05) is 12.1 Å². The second-order valence-electron chi connectivity index (χ2n) is 9.17. The number of furan rings is 1. The Kier molecular flexibility index (Phi) is 7.36. The quantitative estimate of drug-likeness (QED) is 0.338. The van der Waals surface area contributed by atoms with Gasteiger partial charge < -0.3 is 35.3 Å². The van der Waals surface area contributed by atoms with E-state index in [0.717, 1.165) is 0 Å². The molecule has 11 nitrogen and oxygen atoms in total. The number of nitrogens with one attached hydrogen (secondary N) is 2. The van der Waals surface area contributed by atoms with Crippen molar-refractivity contribution in [3.63, 3.8) is 0 Å². The van der Waals surface area contributed by atoms with Gasteiger partial charge in [0.2, 0.25) is 0 Å². The minimum absolute atomic E-state index is 0.109. The Bertz CT molecular complexity index is 1570. The third-order valence-electron chi connectivity index (χ3n) is 6.62. The first-order valence-corrected chi connectivity index (χ1v) is 12.6. The van der Waals surface area contributed by atoms with Crippen LogP contribution in [0.1, 0.15) is 31.3 Å². The number of fused-ring (bicyclic) bond motifs is 1. The van der Waals surface area contributed by atoms with Crippen molar-refractivity contribution in [1.29, 1.82) is 0 Å². The molecule has 204 valence electrons. The largest absolute Gasteiger partial charge is 0.497 e. The maximum atomic E-state index is 13.0. The highest BCUT2D eigenvalue weighted by atomic mass is 16.5. The van der Waals surface area contributed by atoms with Crippen molar-refractivity contribution < 1.29 is 28.3 Å². The van der Waals surface area contributed by atoms with Crippen LogP contribution in [0.5, 0.6) is 5.75 Å². The summed E-state index contributed by atoms with van der Waals surface area (Å²) >= 11 is 0. The Hall–Kier alpha value is -5.32. The zero-order chi connectivity index (χ0) is 28.2. The molecule has 0 atom stereocenters. The van der Waals surface area contributed by atoms with Crippen molar-refractivity contribution in [1.82, 2.24) is 9.80 Å². The first-order valence-electron chi connectivity index (χ1n) is 12.6. The monoisotopic (exact) mass is 541 g/mol. The van der Waals surface area contributed by atoms with Crippen molar-refractivity contribution >= 4 is 46.1 Å². The summed E-state index contributed by atoms with van der Waals surface area (Å²) < 4.78 is 10.8. The van der Waals surface area contributed by atoms with E-state index in [1.165, 1.54) is 0 Å². The predicted octanol–water partition coefficient (Wildman–Crippen LogP) is 3.78. The van der Waals surface area contributed by atoms with Gasteiger partial charge in [0.05, 0.1) is 12.7 Å². The average molecular weight is 542 g/mol. The third-order valence-corrected chi connectivity index (χ3v) is 6.62. The van der Waals surface area contributed by atoms with Crippen LogP contribution in [0.15, 0.2) is 77.2 Å². The number of para-hydroxylation sites is 1. The van der Waals surface area contributed by atoms with Crippen molar-refractivity contribution in [2.24, 2.45) is 5.73 Å². The molecule has 1 aliphatic heterocycles. The lowest BCUT2D eigenvalue weighted by Gasteiger charge is -2.34. The molecule has 1 fully saturated rings. The molecule has 1 saturated heterocycles. The highest BCUT2D eigenvalue weighted by Crippen LogP contribution is 2.24. The molecule has 5 amide bonds. The number of carbonyl (C=O) groups excluding carboxylic acids is 4. The molecule has 0 bridgehead atoms. The number of hydrogen-bond donors (Lipinski definition) is 3. The number of hydrogen-bond acceptors (Lipinski definition) is 6. The average Bonchev–Trinajstić information content (AvgIpc) is 3.42. The molecule has 0 aliphatic carbocycles. The summed E-state index contributed by atoms with van der Waals surface area (Å²) in [5, 5.41) is 6.25. The first kappa shape index (κ1) is 26.3. The Labute approximate surface area is 229 Å². The van der Waals surface area contributed by atoms with Crippen LogP contribution in [-0.4, -0.2) is 66.8 Å². The van der Waals surface area contributed by atoms with E-state index in [9.17, 15) is 19.2 Å². The molecule has 4 aromatic rings. The summed E-state index contributed by atoms with van der Waals surface area (Å²) in [6, 6.07) is 19.8. The summed E-state index contributed by atoms with van der Waals surface area (Å²) in [6.07, 6.45) is 0. The number of ether oxygens (including phenoxy) is 1. The molecule has 0 saturated carbocycles. The molecule has 2 heterocycles. The van der Waals surface area contributed by atoms with Gasteiger partial charge in [-0.25, -0.2) is 4.79 Å². The fourth-order valence-corrected chi connectivity index (χ4v) is 4.42. The van der Waals surface area contributed by atoms with E-state index in [1.54, 1.807) is 89.7 Å². The molecule has 3 aromatic carbocycles. The van der Waals surface area contributed by atoms with E-state index >= 15 is 0 Å². The second kappa shape index (κ2) is 11.2. The highest BCUT2D eigenvalue weighted by Gasteiger charge is 2.27. The minimum Gasteiger partial charge on any atom is -0.497 e. The molecule has 11 heteroatoms. The van der Waals surface area contributed by atoms with E-state index in [0.29, 0.717) is 54.3 Å². The fraction of sp³-hybridized carbons (Fsp3) is 0.172. The van der Waals surface area contributed by atoms with Crippen LogP contribution in [0.3, 0.4) is 0 Å². The van der Waals surface area contributed by atoms with Crippen LogP contribution in [0.2, 0.25) is 0 Å². The zero-order valence-corrected chi connectivity index (χ0v) is 21.7. The number of methoxy groups -OCH3 is 1. The summed E-state index contributed by atoms with van der Waals surface area (Å²) in [6.45, 7) is 1.28. The number of amides is 5. The number of anilines is 2. The normalized spacial score (nSPS) is 13.1. The number of carbonyl (C=O) groups is 4. The topological polar surface area (TPSA) is 147 Å². The zero-order valence-electron chi connectivity index (χ0n) is 21.7. The lowest BCUT2D eigenvalue weighted by Crippen LogP contribution is -2.51. The summed E-state index contributed by atoms with van der Waals surface area (Å²) in [4.78, 5) is 53.2. The molecule has 1 aliphatic rings. The highest BCUT2D eigenvalue weighted by molar-refractivity contribution is 6.06. The predicted molar refractivity (Wildman–Crippen MR) is 149 cm³/mol. The van der Waals surface area contributed by atoms with Crippen molar-refractivity contribution in [2.75, 3.05) is 43.9 Å². The molecule has 0 unspecified atom stereocenters. The van der Waals surface area contributed by atoms with Gasteiger partial charge in [0.1, 0.15) is 11.3 Å². The van der Waals surface area contributed by atoms with Gasteiger partial charge in [-0.15, -0.1) is 0 Å². The summed E-state index contributed by atoms with van der Waals surface area (Å²) in [5.41, 5.74) is 7.51. The Morgan fingerprint density at radius 3 is 2.10 bits per heavy atom. The van der Waals surface area contributed by atoms with Crippen molar-refractivity contribution in [2.45, 2.75) is 0 Å². The van der Waals surface area contributed by atoms with Crippen LogP contribution in [-0.2, 0) is 0 Å². The van der Waals surface area contributed by atoms with Crippen molar-refractivity contribution in [3.8, 4) is 5.75 Å². The lowest BCUT2D eigenvalue weighted by molar-refractivity contribution is 0.0642. The molecular weight excluding hydrogens is 514 g/mol. The molecule has 0 radical (unpaired) electrons. The smallest absolute Gasteiger partial charge is 0.321 e. The van der Waals surface area contributed by atoms with E-state index in [-0.39, 0.29) is 34.8 Å². The first-order chi connectivity index (χ1) is 19.3. The van der Waals surface area contributed by atoms with Crippen LogP contribution < -0.4 is 21.1 Å². The van der Waals surface area contributed by atoms with Crippen molar-refractivity contribution in [3.05, 3.63) is 89.7 Å². The SMILES string of the molecule is COc1ccc(NC(=O)c2ccc(NC(=O)N3CCN(C(=O)c4cc5cccc(C(N)=O)c5o4)CC3)cc2)cc1.